The number of aromatic amines is 1. The Morgan fingerprint density at radius 2 is 1.96 bits per heavy atom. The highest BCUT2D eigenvalue weighted by atomic mass is 127. The SMILES string of the molecule is Cc1cc(=O)[nH]c(-c2cccc(NC(=O)COc3ccc(I)cc3)c2)n1. The number of hydrogen-bond donors (Lipinski definition) is 2. The van der Waals surface area contributed by atoms with Gasteiger partial charge in [0.25, 0.3) is 11.5 Å². The highest BCUT2D eigenvalue weighted by Gasteiger charge is 2.07. The lowest BCUT2D eigenvalue weighted by molar-refractivity contribution is -0.118. The highest BCUT2D eigenvalue weighted by Crippen LogP contribution is 2.19. The maximum absolute atomic E-state index is 12.1. The summed E-state index contributed by atoms with van der Waals surface area (Å²) in [5.74, 6) is 0.823. The normalized spacial score (nSPS) is 10.4. The number of rotatable bonds is 5. The van der Waals surface area contributed by atoms with Crippen LogP contribution in [0.5, 0.6) is 5.75 Å². The molecule has 0 aliphatic heterocycles. The predicted octanol–water partition coefficient (Wildman–Crippen LogP) is 3.37. The molecule has 2 aromatic carbocycles. The van der Waals surface area contributed by atoms with Gasteiger partial charge in [-0.05, 0) is 65.9 Å². The Kier molecular flexibility index (Phi) is 5.67. The number of ether oxygens (including phenoxy) is 1. The molecule has 0 unspecified atom stereocenters. The number of aryl methyl sites for hydroxylation is 1. The number of benzene rings is 2. The Morgan fingerprint density at radius 1 is 1.19 bits per heavy atom. The molecule has 1 amide bonds. The molecular formula is C19H16IN3O3. The van der Waals surface area contributed by atoms with Crippen LogP contribution in [0.15, 0.2) is 59.4 Å². The molecule has 0 aliphatic rings. The van der Waals surface area contributed by atoms with E-state index in [1.54, 1.807) is 25.1 Å². The number of aromatic nitrogens is 2. The van der Waals surface area contributed by atoms with Crippen LogP contribution in [0.4, 0.5) is 5.69 Å². The van der Waals surface area contributed by atoms with Crippen LogP contribution in [0.25, 0.3) is 11.4 Å². The Morgan fingerprint density at radius 3 is 2.69 bits per heavy atom. The van der Waals surface area contributed by atoms with Crippen LogP contribution in [0.2, 0.25) is 0 Å². The fourth-order valence-electron chi connectivity index (χ4n) is 2.34. The van der Waals surface area contributed by atoms with Gasteiger partial charge in [-0.15, -0.1) is 0 Å². The summed E-state index contributed by atoms with van der Waals surface area (Å²) in [4.78, 5) is 30.7. The molecule has 2 N–H and O–H groups in total. The lowest BCUT2D eigenvalue weighted by Gasteiger charge is -2.09. The quantitative estimate of drug-likeness (QED) is 0.571. The van der Waals surface area contributed by atoms with E-state index in [4.69, 9.17) is 4.74 Å². The lowest BCUT2D eigenvalue weighted by Crippen LogP contribution is -2.20. The Bertz CT molecular complexity index is 984. The van der Waals surface area contributed by atoms with Crippen molar-refractivity contribution in [2.75, 3.05) is 11.9 Å². The summed E-state index contributed by atoms with van der Waals surface area (Å²) >= 11 is 2.20. The van der Waals surface area contributed by atoms with E-state index < -0.39 is 0 Å². The number of carbonyl (C=O) groups is 1. The zero-order chi connectivity index (χ0) is 18.5. The van der Waals surface area contributed by atoms with Gasteiger partial charge in [-0.3, -0.25) is 9.59 Å². The van der Waals surface area contributed by atoms with Gasteiger partial charge >= 0.3 is 0 Å². The summed E-state index contributed by atoms with van der Waals surface area (Å²) in [5, 5.41) is 2.78. The van der Waals surface area contributed by atoms with E-state index in [0.29, 0.717) is 28.5 Å². The standard InChI is InChI=1S/C19H16IN3O3/c1-12-9-17(24)23-19(21-12)13-3-2-4-15(10-13)22-18(25)11-26-16-7-5-14(20)6-8-16/h2-10H,11H2,1H3,(H,22,25)(H,21,23,24). The Labute approximate surface area is 163 Å². The van der Waals surface area contributed by atoms with Gasteiger partial charge in [-0.25, -0.2) is 4.98 Å². The molecule has 0 fully saturated rings. The minimum Gasteiger partial charge on any atom is -0.484 e. The summed E-state index contributed by atoms with van der Waals surface area (Å²) in [6.07, 6.45) is 0. The first-order valence-corrected chi connectivity index (χ1v) is 8.94. The molecule has 26 heavy (non-hydrogen) atoms. The van der Waals surface area contributed by atoms with Crippen molar-refractivity contribution in [1.82, 2.24) is 9.97 Å². The van der Waals surface area contributed by atoms with Crippen molar-refractivity contribution in [3.05, 3.63) is 74.2 Å². The van der Waals surface area contributed by atoms with Crippen LogP contribution >= 0.6 is 22.6 Å². The molecule has 0 aliphatic carbocycles. The van der Waals surface area contributed by atoms with Gasteiger partial charge < -0.3 is 15.0 Å². The van der Waals surface area contributed by atoms with Crippen molar-refractivity contribution in [3.63, 3.8) is 0 Å². The zero-order valence-corrected chi connectivity index (χ0v) is 16.1. The van der Waals surface area contributed by atoms with Gasteiger partial charge in [0.15, 0.2) is 6.61 Å². The van der Waals surface area contributed by atoms with Crippen LogP contribution in [-0.4, -0.2) is 22.5 Å². The van der Waals surface area contributed by atoms with Crippen molar-refractivity contribution >= 4 is 34.2 Å². The van der Waals surface area contributed by atoms with Crippen molar-refractivity contribution in [3.8, 4) is 17.1 Å². The molecule has 0 spiro atoms. The molecule has 6 nitrogen and oxygen atoms in total. The summed E-state index contributed by atoms with van der Waals surface area (Å²) < 4.78 is 6.56. The number of halogens is 1. The third kappa shape index (κ3) is 4.92. The van der Waals surface area contributed by atoms with Crippen LogP contribution in [0, 0.1) is 10.5 Å². The molecule has 3 rings (SSSR count). The van der Waals surface area contributed by atoms with Crippen molar-refractivity contribution in [2.24, 2.45) is 0 Å². The summed E-state index contributed by atoms with van der Waals surface area (Å²) in [6, 6.07) is 16.0. The lowest BCUT2D eigenvalue weighted by atomic mass is 10.2. The van der Waals surface area contributed by atoms with Gasteiger partial charge in [0.2, 0.25) is 0 Å². The third-order valence-electron chi connectivity index (χ3n) is 3.47. The fraction of sp³-hybridized carbons (Fsp3) is 0.105. The van der Waals surface area contributed by atoms with E-state index in [1.807, 2.05) is 30.3 Å². The molecule has 0 bridgehead atoms. The summed E-state index contributed by atoms with van der Waals surface area (Å²) in [7, 11) is 0. The second-order valence-electron chi connectivity index (χ2n) is 5.61. The number of nitrogens with one attached hydrogen (secondary N) is 2. The predicted molar refractivity (Wildman–Crippen MR) is 108 cm³/mol. The van der Waals surface area contributed by atoms with Crippen molar-refractivity contribution in [1.29, 1.82) is 0 Å². The first-order valence-electron chi connectivity index (χ1n) is 7.86. The fourth-order valence-corrected chi connectivity index (χ4v) is 2.70. The van der Waals surface area contributed by atoms with E-state index in [2.05, 4.69) is 37.9 Å². The molecule has 0 radical (unpaired) electrons. The minimum atomic E-state index is -0.272. The number of nitrogens with zero attached hydrogens (tertiary/aromatic N) is 1. The molecule has 0 atom stereocenters. The van der Waals surface area contributed by atoms with E-state index in [0.717, 1.165) is 3.57 Å². The maximum atomic E-state index is 12.1. The zero-order valence-electron chi connectivity index (χ0n) is 14.0. The first-order chi connectivity index (χ1) is 12.5. The number of H-pyrrole nitrogens is 1. The van der Waals surface area contributed by atoms with Crippen LogP contribution < -0.4 is 15.6 Å². The van der Waals surface area contributed by atoms with Gasteiger partial charge in [0.1, 0.15) is 11.6 Å². The van der Waals surface area contributed by atoms with Crippen molar-refractivity contribution in [2.45, 2.75) is 6.92 Å². The molecular weight excluding hydrogens is 445 g/mol. The topological polar surface area (TPSA) is 84.1 Å². The average Bonchev–Trinajstić information content (AvgIpc) is 2.61. The molecule has 132 valence electrons. The molecule has 0 saturated heterocycles. The van der Waals surface area contributed by atoms with E-state index in [-0.39, 0.29) is 18.1 Å². The van der Waals surface area contributed by atoms with E-state index in [1.165, 1.54) is 6.07 Å². The second kappa shape index (κ2) is 8.13. The molecule has 1 heterocycles. The smallest absolute Gasteiger partial charge is 0.262 e. The Balaban J connectivity index is 1.67. The summed E-state index contributed by atoms with van der Waals surface area (Å²) in [6.45, 7) is 1.66. The van der Waals surface area contributed by atoms with Gasteiger partial charge in [0.05, 0.1) is 0 Å². The average molecular weight is 461 g/mol. The minimum absolute atomic E-state index is 0.0929. The maximum Gasteiger partial charge on any atom is 0.262 e. The van der Waals surface area contributed by atoms with Gasteiger partial charge in [-0.2, -0.15) is 0 Å². The molecule has 7 heteroatoms. The second-order valence-corrected chi connectivity index (χ2v) is 6.85. The molecule has 3 aromatic rings. The molecule has 1 aromatic heterocycles. The van der Waals surface area contributed by atoms with Crippen LogP contribution in [-0.2, 0) is 4.79 Å². The third-order valence-corrected chi connectivity index (χ3v) is 4.19. The van der Waals surface area contributed by atoms with Gasteiger partial charge in [0, 0.05) is 26.6 Å². The highest BCUT2D eigenvalue weighted by molar-refractivity contribution is 14.1. The van der Waals surface area contributed by atoms with Crippen molar-refractivity contribution < 1.29 is 9.53 Å². The number of carbonyl (C=O) groups excluding carboxylic acids is 1. The monoisotopic (exact) mass is 461 g/mol. The molecule has 0 saturated carbocycles. The summed E-state index contributed by atoms with van der Waals surface area (Å²) in [5.41, 5.74) is 1.72. The van der Waals surface area contributed by atoms with E-state index in [9.17, 15) is 9.59 Å². The first kappa shape index (κ1) is 18.1. The van der Waals surface area contributed by atoms with E-state index >= 15 is 0 Å². The van der Waals surface area contributed by atoms with Crippen LogP contribution in [0.1, 0.15) is 5.69 Å². The largest absolute Gasteiger partial charge is 0.484 e. The Hall–Kier alpha value is -2.68. The number of hydrogen-bond acceptors (Lipinski definition) is 4. The van der Waals surface area contributed by atoms with Crippen LogP contribution in [0.3, 0.4) is 0 Å². The number of anilines is 1. The number of amides is 1. The van der Waals surface area contributed by atoms with Gasteiger partial charge in [-0.1, -0.05) is 12.1 Å².